The molecule has 0 aliphatic rings. The second-order valence-electron chi connectivity index (χ2n) is 8.54. The molecule has 0 bridgehead atoms. The van der Waals surface area contributed by atoms with E-state index < -0.39 is 17.8 Å². The third-order valence-corrected chi connectivity index (χ3v) is 5.59. The maximum absolute atomic E-state index is 13.2. The Morgan fingerprint density at radius 2 is 2.00 bits per heavy atom. The van der Waals surface area contributed by atoms with Crippen molar-refractivity contribution < 1.29 is 18.0 Å². The van der Waals surface area contributed by atoms with Crippen molar-refractivity contribution in [2.24, 2.45) is 5.92 Å². The third-order valence-electron chi connectivity index (χ3n) is 5.59. The van der Waals surface area contributed by atoms with Gasteiger partial charge in [-0.15, -0.1) is 0 Å². The van der Waals surface area contributed by atoms with E-state index in [1.165, 1.54) is 12.3 Å². The Balaban J connectivity index is 1.77. The van der Waals surface area contributed by atoms with Crippen molar-refractivity contribution in [3.8, 4) is 6.07 Å². The molecule has 0 aliphatic heterocycles. The van der Waals surface area contributed by atoms with E-state index in [9.17, 15) is 23.2 Å². The Labute approximate surface area is 190 Å². The predicted octanol–water partition coefficient (Wildman–Crippen LogP) is 5.07. The van der Waals surface area contributed by atoms with Crippen molar-refractivity contribution in [3.05, 3.63) is 64.1 Å². The molecular weight excluding hydrogens is 431 g/mol. The van der Waals surface area contributed by atoms with E-state index in [0.29, 0.717) is 35.3 Å². The van der Waals surface area contributed by atoms with Gasteiger partial charge in [0.25, 0.3) is 0 Å². The van der Waals surface area contributed by atoms with E-state index in [0.717, 1.165) is 23.4 Å². The van der Waals surface area contributed by atoms with E-state index >= 15 is 0 Å². The van der Waals surface area contributed by atoms with Gasteiger partial charge in [0.1, 0.15) is 11.6 Å². The molecular formula is C24H26F3N5O. The summed E-state index contributed by atoms with van der Waals surface area (Å²) in [5.74, 6) is -0.0785. The highest BCUT2D eigenvalue weighted by molar-refractivity contribution is 5.76. The summed E-state index contributed by atoms with van der Waals surface area (Å²) in [6.45, 7) is 7.59. The number of hydrogen-bond donors (Lipinski definition) is 1. The third kappa shape index (κ3) is 5.51. The number of hydrogen-bond acceptors (Lipinski definition) is 4. The van der Waals surface area contributed by atoms with Crippen LogP contribution in [0.15, 0.2) is 30.5 Å². The van der Waals surface area contributed by atoms with E-state index in [-0.39, 0.29) is 18.2 Å². The number of benzene rings is 1. The van der Waals surface area contributed by atoms with Gasteiger partial charge in [-0.3, -0.25) is 4.79 Å². The van der Waals surface area contributed by atoms with Crippen LogP contribution >= 0.6 is 0 Å². The number of halogens is 3. The molecule has 6 nitrogen and oxygen atoms in total. The van der Waals surface area contributed by atoms with E-state index in [2.05, 4.69) is 21.5 Å². The first-order valence-corrected chi connectivity index (χ1v) is 10.7. The summed E-state index contributed by atoms with van der Waals surface area (Å²) in [6, 6.07) is 6.64. The number of carbonyl (C=O) groups excluding carboxylic acids is 1. The molecule has 2 heterocycles. The smallest absolute Gasteiger partial charge is 0.349 e. The molecule has 1 unspecified atom stereocenters. The summed E-state index contributed by atoms with van der Waals surface area (Å²) in [5, 5.41) is 16.3. The summed E-state index contributed by atoms with van der Waals surface area (Å²) >= 11 is 0. The van der Waals surface area contributed by atoms with Gasteiger partial charge in [0.2, 0.25) is 5.91 Å². The fourth-order valence-corrected chi connectivity index (χ4v) is 3.94. The summed E-state index contributed by atoms with van der Waals surface area (Å²) in [6.07, 6.45) is -1.93. The number of amides is 1. The van der Waals surface area contributed by atoms with Crippen LogP contribution in [0.25, 0.3) is 5.65 Å². The molecule has 0 radical (unpaired) electrons. The summed E-state index contributed by atoms with van der Waals surface area (Å²) < 4.78 is 41.1. The highest BCUT2D eigenvalue weighted by atomic mass is 19.4. The second-order valence-corrected chi connectivity index (χ2v) is 8.54. The minimum absolute atomic E-state index is 0.148. The number of fused-ring (bicyclic) bond motifs is 1. The van der Waals surface area contributed by atoms with Crippen LogP contribution in [0, 0.1) is 31.1 Å². The number of nitriles is 1. The van der Waals surface area contributed by atoms with Crippen LogP contribution < -0.4 is 5.32 Å². The van der Waals surface area contributed by atoms with Crippen LogP contribution in [0.3, 0.4) is 0 Å². The molecule has 3 aromatic rings. The van der Waals surface area contributed by atoms with Crippen LogP contribution in [-0.4, -0.2) is 20.5 Å². The molecule has 1 N–H and O–H groups in total. The number of carbonyl (C=O) groups is 1. The van der Waals surface area contributed by atoms with Crippen molar-refractivity contribution in [2.45, 2.75) is 59.2 Å². The van der Waals surface area contributed by atoms with Crippen molar-refractivity contribution in [2.75, 3.05) is 0 Å². The molecule has 33 heavy (non-hydrogen) atoms. The van der Waals surface area contributed by atoms with Gasteiger partial charge in [-0.05, 0) is 55.9 Å². The monoisotopic (exact) mass is 457 g/mol. The average Bonchev–Trinajstić information content (AvgIpc) is 3.15. The van der Waals surface area contributed by atoms with Gasteiger partial charge in [0.15, 0.2) is 5.65 Å². The Hall–Kier alpha value is -3.41. The quantitative estimate of drug-likeness (QED) is 0.537. The lowest BCUT2D eigenvalue weighted by molar-refractivity contribution is -0.137. The Morgan fingerprint density at radius 3 is 2.64 bits per heavy atom. The van der Waals surface area contributed by atoms with Crippen molar-refractivity contribution in [3.63, 3.8) is 0 Å². The van der Waals surface area contributed by atoms with Gasteiger partial charge >= 0.3 is 6.18 Å². The zero-order chi connectivity index (χ0) is 24.3. The largest absolute Gasteiger partial charge is 0.416 e. The molecule has 2 aromatic heterocycles. The van der Waals surface area contributed by atoms with Crippen LogP contribution in [0.5, 0.6) is 0 Å². The Bertz CT molecular complexity index is 1210. The number of nitrogens with one attached hydrogen (secondary N) is 1. The van der Waals surface area contributed by atoms with Gasteiger partial charge in [0, 0.05) is 17.8 Å². The summed E-state index contributed by atoms with van der Waals surface area (Å²) in [7, 11) is 0. The van der Waals surface area contributed by atoms with Crippen LogP contribution in [0.2, 0.25) is 0 Å². The van der Waals surface area contributed by atoms with Gasteiger partial charge in [-0.25, -0.2) is 9.50 Å². The highest BCUT2D eigenvalue weighted by Crippen LogP contribution is 2.32. The summed E-state index contributed by atoms with van der Waals surface area (Å²) in [4.78, 5) is 17.2. The topological polar surface area (TPSA) is 83.1 Å². The molecule has 174 valence electrons. The lowest BCUT2D eigenvalue weighted by atomic mass is 9.95. The van der Waals surface area contributed by atoms with Crippen molar-refractivity contribution >= 4 is 11.6 Å². The number of alkyl halides is 3. The molecule has 0 aliphatic carbocycles. The van der Waals surface area contributed by atoms with Crippen molar-refractivity contribution in [1.29, 1.82) is 5.26 Å². The first-order valence-electron chi connectivity index (χ1n) is 10.7. The van der Waals surface area contributed by atoms with Gasteiger partial charge in [0.05, 0.1) is 17.8 Å². The van der Waals surface area contributed by atoms with Crippen molar-refractivity contribution in [1.82, 2.24) is 19.9 Å². The SMILES string of the molecule is Cc1nc2c(C#N)cnn2c(C)c1CCC(=O)NC(CC(C)C)c1cccc(C(F)(F)F)c1. The first-order chi connectivity index (χ1) is 15.5. The van der Waals surface area contributed by atoms with E-state index in [1.807, 2.05) is 27.7 Å². The zero-order valence-corrected chi connectivity index (χ0v) is 19.0. The Morgan fingerprint density at radius 1 is 1.27 bits per heavy atom. The molecule has 3 rings (SSSR count). The second kappa shape index (κ2) is 9.61. The number of aryl methyl sites for hydroxylation is 2. The normalized spacial score (nSPS) is 12.7. The van der Waals surface area contributed by atoms with Crippen LogP contribution in [-0.2, 0) is 17.4 Å². The molecule has 0 saturated carbocycles. The average molecular weight is 458 g/mol. The van der Waals surface area contributed by atoms with Crippen LogP contribution in [0.4, 0.5) is 13.2 Å². The maximum atomic E-state index is 13.2. The maximum Gasteiger partial charge on any atom is 0.416 e. The molecule has 0 saturated heterocycles. The molecule has 1 aromatic carbocycles. The number of nitrogens with zero attached hydrogens (tertiary/aromatic N) is 4. The van der Waals surface area contributed by atoms with E-state index in [4.69, 9.17) is 0 Å². The first kappa shape index (κ1) is 24.2. The Kier molecular flexibility index (Phi) is 7.06. The number of aromatic nitrogens is 3. The summed E-state index contributed by atoms with van der Waals surface area (Å²) in [5.41, 5.74) is 2.91. The van der Waals surface area contributed by atoms with Gasteiger partial charge in [-0.2, -0.15) is 23.5 Å². The highest BCUT2D eigenvalue weighted by Gasteiger charge is 2.31. The molecule has 1 amide bonds. The fourth-order valence-electron chi connectivity index (χ4n) is 3.94. The van der Waals surface area contributed by atoms with Gasteiger partial charge < -0.3 is 5.32 Å². The lowest BCUT2D eigenvalue weighted by Gasteiger charge is -2.22. The van der Waals surface area contributed by atoms with Crippen LogP contribution in [0.1, 0.15) is 66.4 Å². The molecule has 1 atom stereocenters. The molecule has 0 spiro atoms. The predicted molar refractivity (Wildman–Crippen MR) is 117 cm³/mol. The van der Waals surface area contributed by atoms with E-state index in [1.54, 1.807) is 10.6 Å². The standard InChI is InChI=1S/C24H26F3N5O/c1-14(2)10-21(17-6-5-7-19(11-17)24(25,26)27)31-22(33)9-8-20-15(3)30-23-18(12-28)13-29-32(23)16(20)4/h5-7,11,13-14,21H,8-10H2,1-4H3,(H,31,33). The van der Waals surface area contributed by atoms with Gasteiger partial charge in [-0.1, -0.05) is 26.0 Å². The number of rotatable bonds is 7. The zero-order valence-electron chi connectivity index (χ0n) is 19.0. The molecule has 9 heteroatoms. The molecule has 0 fully saturated rings. The fraction of sp³-hybridized carbons (Fsp3) is 0.417. The minimum atomic E-state index is -4.44. The lowest BCUT2D eigenvalue weighted by Crippen LogP contribution is -2.30. The minimum Gasteiger partial charge on any atom is -0.349 e.